The molecular formula is C12H13N3O5. The van der Waals surface area contributed by atoms with Crippen molar-refractivity contribution in [3.63, 3.8) is 0 Å². The average Bonchev–Trinajstić information content (AvgIpc) is 2.86. The summed E-state index contributed by atoms with van der Waals surface area (Å²) in [6, 6.07) is 3.03. The first-order valence-electron chi connectivity index (χ1n) is 6.20. The summed E-state index contributed by atoms with van der Waals surface area (Å²) in [7, 11) is 0. The third-order valence-electron chi connectivity index (χ3n) is 3.01. The summed E-state index contributed by atoms with van der Waals surface area (Å²) in [4.78, 5) is 20.7. The molecule has 0 aliphatic rings. The van der Waals surface area contributed by atoms with Gasteiger partial charge >= 0.3 is 11.7 Å². The summed E-state index contributed by atoms with van der Waals surface area (Å²) in [5, 5.41) is 26.6. The number of hydrogen-bond acceptors (Lipinski definition) is 6. The lowest BCUT2D eigenvalue weighted by atomic mass is 10.0. The predicted molar refractivity (Wildman–Crippen MR) is 68.3 cm³/mol. The number of nitrogens with zero attached hydrogens (tertiary/aromatic N) is 3. The molecule has 0 saturated carbocycles. The van der Waals surface area contributed by atoms with Gasteiger partial charge < -0.3 is 5.11 Å². The van der Waals surface area contributed by atoms with Crippen molar-refractivity contribution in [3.05, 3.63) is 27.8 Å². The molecule has 0 aliphatic carbocycles. The molecule has 2 rings (SSSR count). The summed E-state index contributed by atoms with van der Waals surface area (Å²) in [5.41, 5.74) is 1.24. The van der Waals surface area contributed by atoms with Crippen LogP contribution in [0.25, 0.3) is 11.0 Å². The molecule has 1 N–H and O–H groups in total. The Bertz CT molecular complexity index is 637. The van der Waals surface area contributed by atoms with Gasteiger partial charge in [-0.3, -0.25) is 14.9 Å². The van der Waals surface area contributed by atoms with Crippen LogP contribution < -0.4 is 0 Å². The molecule has 0 aliphatic heterocycles. The Morgan fingerprint density at radius 2 is 2.00 bits per heavy atom. The fourth-order valence-electron chi connectivity index (χ4n) is 2.02. The number of aliphatic carboxylic acids is 1. The van der Waals surface area contributed by atoms with E-state index in [1.807, 2.05) is 0 Å². The number of fused-ring (bicyclic) bond motifs is 1. The van der Waals surface area contributed by atoms with E-state index in [0.29, 0.717) is 18.4 Å². The highest BCUT2D eigenvalue weighted by Crippen LogP contribution is 2.26. The van der Waals surface area contributed by atoms with Gasteiger partial charge in [-0.2, -0.15) is 0 Å². The molecule has 0 atom stereocenters. The molecule has 0 bridgehead atoms. The number of nitro benzene ring substituents is 1. The first-order chi connectivity index (χ1) is 9.59. The predicted octanol–water partition coefficient (Wildman–Crippen LogP) is 2.32. The minimum atomic E-state index is -0.802. The Kier molecular flexibility index (Phi) is 4.24. The van der Waals surface area contributed by atoms with Crippen molar-refractivity contribution in [2.75, 3.05) is 0 Å². The molecule has 8 heteroatoms. The van der Waals surface area contributed by atoms with Gasteiger partial charge in [0, 0.05) is 12.5 Å². The second-order valence-corrected chi connectivity index (χ2v) is 4.42. The fraction of sp³-hybridized carbons (Fsp3) is 0.417. The molecule has 0 saturated heterocycles. The SMILES string of the molecule is O=C(O)CCCCCc1ccc([N+](=O)[O-])c2nonc12. The monoisotopic (exact) mass is 279 g/mol. The maximum atomic E-state index is 10.8. The average molecular weight is 279 g/mol. The number of nitro groups is 1. The summed E-state index contributed by atoms with van der Waals surface area (Å²) in [6.45, 7) is 0. The molecule has 0 radical (unpaired) electrons. The minimum absolute atomic E-state index is 0.129. The Morgan fingerprint density at radius 3 is 2.70 bits per heavy atom. The van der Waals surface area contributed by atoms with Crippen LogP contribution >= 0.6 is 0 Å². The number of carboxylic acids is 1. The highest BCUT2D eigenvalue weighted by Gasteiger charge is 2.19. The molecule has 1 aromatic carbocycles. The summed E-state index contributed by atoms with van der Waals surface area (Å²) in [5.74, 6) is -0.802. The number of rotatable bonds is 7. The van der Waals surface area contributed by atoms with Gasteiger partial charge in [0.1, 0.15) is 5.52 Å². The number of carbonyl (C=O) groups is 1. The number of carboxylic acid groups (broad SMARTS) is 1. The molecular weight excluding hydrogens is 266 g/mol. The fourth-order valence-corrected chi connectivity index (χ4v) is 2.02. The molecule has 1 heterocycles. The normalized spacial score (nSPS) is 10.8. The highest BCUT2D eigenvalue weighted by molar-refractivity contribution is 5.85. The number of unbranched alkanes of at least 4 members (excludes halogenated alkanes) is 2. The van der Waals surface area contributed by atoms with E-state index in [4.69, 9.17) is 5.11 Å². The number of hydrogen-bond donors (Lipinski definition) is 1. The second-order valence-electron chi connectivity index (χ2n) is 4.42. The lowest BCUT2D eigenvalue weighted by molar-refractivity contribution is -0.383. The molecule has 2 aromatic rings. The van der Waals surface area contributed by atoms with Crippen molar-refractivity contribution in [1.29, 1.82) is 0 Å². The van der Waals surface area contributed by atoms with Crippen LogP contribution in [-0.4, -0.2) is 26.3 Å². The van der Waals surface area contributed by atoms with Crippen LogP contribution in [0, 0.1) is 10.1 Å². The smallest absolute Gasteiger partial charge is 0.303 e. The van der Waals surface area contributed by atoms with E-state index in [2.05, 4.69) is 14.9 Å². The topological polar surface area (TPSA) is 119 Å². The van der Waals surface area contributed by atoms with Crippen LogP contribution in [0.1, 0.15) is 31.2 Å². The third-order valence-corrected chi connectivity index (χ3v) is 3.01. The third kappa shape index (κ3) is 3.08. The highest BCUT2D eigenvalue weighted by atomic mass is 16.6. The number of non-ortho nitro benzene ring substituents is 1. The Hall–Kier alpha value is -2.51. The first kappa shape index (κ1) is 13.9. The lowest BCUT2D eigenvalue weighted by Gasteiger charge is -2.01. The van der Waals surface area contributed by atoms with Crippen molar-refractivity contribution in [2.24, 2.45) is 0 Å². The van der Waals surface area contributed by atoms with E-state index in [1.165, 1.54) is 6.07 Å². The van der Waals surface area contributed by atoms with Crippen molar-refractivity contribution < 1.29 is 19.5 Å². The van der Waals surface area contributed by atoms with Crippen LogP contribution in [0.2, 0.25) is 0 Å². The van der Waals surface area contributed by atoms with Crippen LogP contribution in [0.3, 0.4) is 0 Å². The molecule has 106 valence electrons. The first-order valence-corrected chi connectivity index (χ1v) is 6.20. The Morgan fingerprint density at radius 1 is 1.25 bits per heavy atom. The summed E-state index contributed by atoms with van der Waals surface area (Å²) in [6.07, 6.45) is 2.98. The molecule has 0 amide bonds. The van der Waals surface area contributed by atoms with Gasteiger partial charge in [-0.25, -0.2) is 4.63 Å². The molecule has 0 fully saturated rings. The van der Waals surface area contributed by atoms with Crippen LogP contribution in [-0.2, 0) is 11.2 Å². The quantitative estimate of drug-likeness (QED) is 0.469. The number of benzene rings is 1. The van der Waals surface area contributed by atoms with Crippen molar-refractivity contribution in [3.8, 4) is 0 Å². The van der Waals surface area contributed by atoms with Crippen molar-refractivity contribution >= 4 is 22.7 Å². The maximum absolute atomic E-state index is 10.8. The molecule has 8 nitrogen and oxygen atoms in total. The van der Waals surface area contributed by atoms with E-state index in [0.717, 1.165) is 18.4 Å². The zero-order valence-electron chi connectivity index (χ0n) is 10.6. The van der Waals surface area contributed by atoms with Crippen molar-refractivity contribution in [2.45, 2.75) is 32.1 Å². The molecule has 20 heavy (non-hydrogen) atoms. The summed E-state index contributed by atoms with van der Waals surface area (Å²) < 4.78 is 4.57. The van der Waals surface area contributed by atoms with E-state index < -0.39 is 10.9 Å². The van der Waals surface area contributed by atoms with E-state index in [-0.39, 0.29) is 17.6 Å². The second kappa shape index (κ2) is 6.09. The molecule has 1 aromatic heterocycles. The maximum Gasteiger partial charge on any atom is 0.303 e. The van der Waals surface area contributed by atoms with Gasteiger partial charge in [0.15, 0.2) is 0 Å². The van der Waals surface area contributed by atoms with Gasteiger partial charge in [-0.05, 0) is 41.2 Å². The lowest BCUT2D eigenvalue weighted by Crippen LogP contribution is -1.95. The Balaban J connectivity index is 2.04. The number of aromatic nitrogens is 2. The largest absolute Gasteiger partial charge is 0.481 e. The summed E-state index contributed by atoms with van der Waals surface area (Å²) >= 11 is 0. The van der Waals surface area contributed by atoms with E-state index in [1.54, 1.807) is 6.07 Å². The van der Waals surface area contributed by atoms with Crippen molar-refractivity contribution in [1.82, 2.24) is 10.3 Å². The molecule has 0 unspecified atom stereocenters. The Labute approximate surface area is 113 Å². The van der Waals surface area contributed by atoms with Gasteiger partial charge in [0.25, 0.3) is 0 Å². The minimum Gasteiger partial charge on any atom is -0.481 e. The number of aryl methyl sites for hydroxylation is 1. The van der Waals surface area contributed by atoms with Gasteiger partial charge in [0.05, 0.1) is 4.92 Å². The van der Waals surface area contributed by atoms with Crippen LogP contribution in [0.5, 0.6) is 0 Å². The zero-order valence-corrected chi connectivity index (χ0v) is 10.6. The molecule has 0 spiro atoms. The van der Waals surface area contributed by atoms with Gasteiger partial charge in [-0.15, -0.1) is 0 Å². The van der Waals surface area contributed by atoms with Crippen LogP contribution in [0.4, 0.5) is 5.69 Å². The van der Waals surface area contributed by atoms with Gasteiger partial charge in [-0.1, -0.05) is 6.42 Å². The van der Waals surface area contributed by atoms with Crippen LogP contribution in [0.15, 0.2) is 16.8 Å². The van der Waals surface area contributed by atoms with Gasteiger partial charge in [0.2, 0.25) is 5.52 Å². The van der Waals surface area contributed by atoms with E-state index in [9.17, 15) is 14.9 Å². The standard InChI is InChI=1S/C12H13N3O5/c16-10(17)5-3-1-2-4-8-6-7-9(15(18)19)12-11(8)13-20-14-12/h6-7H,1-5H2,(H,16,17). The zero-order chi connectivity index (χ0) is 14.5. The van der Waals surface area contributed by atoms with E-state index >= 15 is 0 Å².